The lowest BCUT2D eigenvalue weighted by atomic mass is 9.85. The molecule has 0 spiro atoms. The number of likely N-dealkylation sites (tertiary alicyclic amines) is 1. The van der Waals surface area contributed by atoms with E-state index in [2.05, 4.69) is 0 Å². The lowest BCUT2D eigenvalue weighted by Crippen LogP contribution is -2.53. The van der Waals surface area contributed by atoms with E-state index >= 15 is 0 Å². The number of allylic oxidation sites excluding steroid dienone is 2. The van der Waals surface area contributed by atoms with Crippen molar-refractivity contribution >= 4 is 17.7 Å². The lowest BCUT2D eigenvalue weighted by Gasteiger charge is -2.36. The molecule has 0 saturated carbocycles. The molecule has 0 bridgehead atoms. The Kier molecular flexibility index (Phi) is 3.92. The van der Waals surface area contributed by atoms with Gasteiger partial charge in [0.05, 0.1) is 24.5 Å². The van der Waals surface area contributed by atoms with Gasteiger partial charge in [0.2, 0.25) is 17.7 Å². The Morgan fingerprint density at radius 1 is 1.04 bits per heavy atom. The number of fused-ring (bicyclic) bond motifs is 2. The summed E-state index contributed by atoms with van der Waals surface area (Å²) in [5.74, 6) is -1.17. The average Bonchev–Trinajstić information content (AvgIpc) is 2.86. The monoisotopic (exact) mass is 339 g/mol. The molecule has 4 rings (SSSR count). The quantitative estimate of drug-likeness (QED) is 0.652. The minimum atomic E-state index is -0.503. The highest BCUT2D eigenvalue weighted by Crippen LogP contribution is 2.35. The summed E-state index contributed by atoms with van der Waals surface area (Å²) in [4.78, 5) is 40.5. The molecule has 2 aliphatic heterocycles. The van der Waals surface area contributed by atoms with Crippen LogP contribution in [0.3, 0.4) is 0 Å². The van der Waals surface area contributed by atoms with Crippen molar-refractivity contribution in [3.05, 3.63) is 47.5 Å². The van der Waals surface area contributed by atoms with Gasteiger partial charge in [-0.15, -0.1) is 0 Å². The van der Waals surface area contributed by atoms with Crippen molar-refractivity contribution in [2.24, 2.45) is 17.6 Å². The van der Waals surface area contributed by atoms with Crippen molar-refractivity contribution < 1.29 is 14.4 Å². The molecule has 0 radical (unpaired) electrons. The number of carbonyl (C=O) groups excluding carboxylic acids is 3. The van der Waals surface area contributed by atoms with Gasteiger partial charge in [-0.3, -0.25) is 24.2 Å². The van der Waals surface area contributed by atoms with Crippen molar-refractivity contribution in [3.63, 3.8) is 0 Å². The number of imide groups is 1. The van der Waals surface area contributed by atoms with Crippen LogP contribution < -0.4 is 5.73 Å². The predicted octanol–water partition coefficient (Wildman–Crippen LogP) is 0.807. The van der Waals surface area contributed by atoms with E-state index in [0.29, 0.717) is 25.8 Å². The van der Waals surface area contributed by atoms with Crippen LogP contribution in [0.25, 0.3) is 0 Å². The van der Waals surface area contributed by atoms with Gasteiger partial charge in [-0.2, -0.15) is 0 Å². The maximum Gasteiger partial charge on any atom is 0.235 e. The van der Waals surface area contributed by atoms with Crippen molar-refractivity contribution in [1.82, 2.24) is 9.80 Å². The summed E-state index contributed by atoms with van der Waals surface area (Å²) >= 11 is 0. The van der Waals surface area contributed by atoms with Gasteiger partial charge in [-0.1, -0.05) is 36.4 Å². The third kappa shape index (κ3) is 2.66. The molecule has 1 saturated heterocycles. The molecule has 3 amide bonds. The number of nitrogens with zero attached hydrogens (tertiary/aromatic N) is 2. The van der Waals surface area contributed by atoms with Gasteiger partial charge >= 0.3 is 0 Å². The molecule has 25 heavy (non-hydrogen) atoms. The zero-order valence-electron chi connectivity index (χ0n) is 13.9. The molecular weight excluding hydrogens is 318 g/mol. The first-order chi connectivity index (χ1) is 12.1. The number of nitrogens with two attached hydrogens (primary N) is 1. The number of hydrogen-bond donors (Lipinski definition) is 1. The van der Waals surface area contributed by atoms with Crippen LogP contribution in [-0.4, -0.2) is 40.2 Å². The molecule has 0 aromatic heterocycles. The molecule has 2 heterocycles. The van der Waals surface area contributed by atoms with Gasteiger partial charge in [0, 0.05) is 6.54 Å². The number of amides is 3. The molecule has 3 aliphatic rings. The first-order valence-electron chi connectivity index (χ1n) is 8.66. The highest BCUT2D eigenvalue weighted by atomic mass is 16.2. The fraction of sp³-hybridized carbons (Fsp3) is 0.421. The van der Waals surface area contributed by atoms with E-state index in [1.165, 1.54) is 4.90 Å². The molecule has 1 aliphatic carbocycles. The maximum atomic E-state index is 12.7. The molecule has 1 aromatic rings. The van der Waals surface area contributed by atoms with Crippen LogP contribution in [0.2, 0.25) is 0 Å². The summed E-state index contributed by atoms with van der Waals surface area (Å²) in [7, 11) is 0. The number of hydrogen-bond acceptors (Lipinski definition) is 4. The third-order valence-electron chi connectivity index (χ3n) is 5.60. The van der Waals surface area contributed by atoms with E-state index in [-0.39, 0.29) is 30.3 Å². The summed E-state index contributed by atoms with van der Waals surface area (Å²) in [6.07, 6.45) is 5.69. The first-order valence-corrected chi connectivity index (χ1v) is 8.66. The SMILES string of the molecule is NC(=O)[C@@H]1Cc2ccccc2CN1CN1C(=O)[C@H]2CC=CC[C@@H]2C1=O. The Labute approximate surface area is 146 Å². The van der Waals surface area contributed by atoms with Gasteiger partial charge < -0.3 is 5.73 Å². The van der Waals surface area contributed by atoms with Gasteiger partial charge in [-0.25, -0.2) is 0 Å². The Morgan fingerprint density at radius 2 is 1.64 bits per heavy atom. The molecule has 3 atom stereocenters. The Balaban J connectivity index is 1.58. The van der Waals surface area contributed by atoms with Crippen LogP contribution in [0.4, 0.5) is 0 Å². The van der Waals surface area contributed by atoms with E-state index in [1.54, 1.807) is 0 Å². The van der Waals surface area contributed by atoms with Gasteiger partial charge in [0.25, 0.3) is 0 Å². The minimum absolute atomic E-state index is 0.124. The Hall–Kier alpha value is -2.47. The minimum Gasteiger partial charge on any atom is -0.368 e. The zero-order chi connectivity index (χ0) is 17.6. The maximum absolute atomic E-state index is 12.7. The number of primary amides is 1. The molecule has 2 N–H and O–H groups in total. The van der Waals surface area contributed by atoms with E-state index in [0.717, 1.165) is 11.1 Å². The molecule has 6 heteroatoms. The van der Waals surface area contributed by atoms with Gasteiger partial charge in [0.15, 0.2) is 0 Å². The highest BCUT2D eigenvalue weighted by molar-refractivity contribution is 6.05. The number of rotatable bonds is 3. The van der Waals surface area contributed by atoms with Crippen molar-refractivity contribution in [2.45, 2.75) is 31.8 Å². The van der Waals surface area contributed by atoms with Crippen LogP contribution in [0, 0.1) is 11.8 Å². The van der Waals surface area contributed by atoms with E-state index in [4.69, 9.17) is 5.73 Å². The van der Waals surface area contributed by atoms with Crippen molar-refractivity contribution in [1.29, 1.82) is 0 Å². The molecule has 1 aromatic carbocycles. The average molecular weight is 339 g/mol. The van der Waals surface area contributed by atoms with Crippen LogP contribution in [0.15, 0.2) is 36.4 Å². The Bertz CT molecular complexity index is 747. The first kappa shape index (κ1) is 16.0. The summed E-state index contributed by atoms with van der Waals surface area (Å²) in [5.41, 5.74) is 7.80. The smallest absolute Gasteiger partial charge is 0.235 e. The van der Waals surface area contributed by atoms with Gasteiger partial charge in [0.1, 0.15) is 0 Å². The van der Waals surface area contributed by atoms with Gasteiger partial charge in [-0.05, 0) is 30.4 Å². The van der Waals surface area contributed by atoms with Crippen LogP contribution >= 0.6 is 0 Å². The fourth-order valence-electron chi connectivity index (χ4n) is 4.20. The predicted molar refractivity (Wildman–Crippen MR) is 90.7 cm³/mol. The van der Waals surface area contributed by atoms with Crippen molar-refractivity contribution in [2.75, 3.05) is 6.67 Å². The van der Waals surface area contributed by atoms with Crippen molar-refractivity contribution in [3.8, 4) is 0 Å². The largest absolute Gasteiger partial charge is 0.368 e. The highest BCUT2D eigenvalue weighted by Gasteiger charge is 2.48. The third-order valence-corrected chi connectivity index (χ3v) is 5.60. The standard InChI is InChI=1S/C19H21N3O3/c20-17(23)16-9-12-5-1-2-6-13(12)10-21(16)11-22-18(24)14-7-3-4-8-15(14)19(22)25/h1-6,14-16H,7-11H2,(H2,20,23)/t14-,15-,16-/m0/s1. The summed E-state index contributed by atoms with van der Waals surface area (Å²) in [6, 6.07) is 7.40. The normalized spacial score (nSPS) is 28.8. The lowest BCUT2D eigenvalue weighted by molar-refractivity contribution is -0.145. The fourth-order valence-corrected chi connectivity index (χ4v) is 4.20. The number of benzene rings is 1. The molecule has 1 fully saturated rings. The topological polar surface area (TPSA) is 83.7 Å². The second-order valence-electron chi connectivity index (χ2n) is 7.04. The second-order valence-corrected chi connectivity index (χ2v) is 7.04. The van der Waals surface area contributed by atoms with Crippen LogP contribution in [0.5, 0.6) is 0 Å². The number of carbonyl (C=O) groups is 3. The molecule has 130 valence electrons. The summed E-state index contributed by atoms with van der Waals surface area (Å²) < 4.78 is 0. The molecule has 0 unspecified atom stereocenters. The van der Waals surface area contributed by atoms with Crippen LogP contribution in [0.1, 0.15) is 24.0 Å². The zero-order valence-corrected chi connectivity index (χ0v) is 13.9. The van der Waals surface area contributed by atoms with E-state index in [9.17, 15) is 14.4 Å². The van der Waals surface area contributed by atoms with E-state index < -0.39 is 11.9 Å². The van der Waals surface area contributed by atoms with E-state index in [1.807, 2.05) is 41.3 Å². The summed E-state index contributed by atoms with van der Waals surface area (Å²) in [6.45, 7) is 0.640. The second kappa shape index (κ2) is 6.11. The molecule has 6 nitrogen and oxygen atoms in total. The summed E-state index contributed by atoms with van der Waals surface area (Å²) in [5, 5.41) is 0. The molecular formula is C19H21N3O3. The van der Waals surface area contributed by atoms with Crippen LogP contribution in [-0.2, 0) is 27.3 Å². The Morgan fingerprint density at radius 3 is 2.24 bits per heavy atom.